The summed E-state index contributed by atoms with van der Waals surface area (Å²) < 4.78 is 11.7. The molecule has 0 bridgehead atoms. The molecule has 0 unspecified atom stereocenters. The number of carbonyl (C=O) groups excluding carboxylic acids is 2. The van der Waals surface area contributed by atoms with Crippen LogP contribution in [0.2, 0.25) is 5.02 Å². The van der Waals surface area contributed by atoms with E-state index >= 15 is 0 Å². The Morgan fingerprint density at radius 3 is 2.60 bits per heavy atom. The van der Waals surface area contributed by atoms with Gasteiger partial charge in [0.25, 0.3) is 5.91 Å². The van der Waals surface area contributed by atoms with Crippen LogP contribution in [0.15, 0.2) is 34.8 Å². The highest BCUT2D eigenvalue weighted by Crippen LogP contribution is 2.38. The first-order chi connectivity index (χ1) is 11.9. The van der Waals surface area contributed by atoms with Gasteiger partial charge in [0.1, 0.15) is 13.2 Å². The summed E-state index contributed by atoms with van der Waals surface area (Å²) in [4.78, 5) is 23.9. The summed E-state index contributed by atoms with van der Waals surface area (Å²) in [5, 5.41) is 5.84. The molecule has 2 aromatic rings. The molecule has 8 heteroatoms. The number of rotatable bonds is 3. The van der Waals surface area contributed by atoms with Crippen molar-refractivity contribution in [2.24, 2.45) is 0 Å². The third kappa shape index (κ3) is 4.05. The molecule has 130 valence electrons. The van der Waals surface area contributed by atoms with E-state index in [2.05, 4.69) is 26.6 Å². The van der Waals surface area contributed by atoms with Gasteiger partial charge < -0.3 is 20.1 Å². The Morgan fingerprint density at radius 1 is 1.08 bits per heavy atom. The van der Waals surface area contributed by atoms with Crippen LogP contribution in [0.5, 0.6) is 11.5 Å². The lowest BCUT2D eigenvalue weighted by Crippen LogP contribution is -2.18. The maximum atomic E-state index is 12.6. The maximum Gasteiger partial charge on any atom is 0.255 e. The zero-order chi connectivity index (χ0) is 18.0. The first-order valence-electron chi connectivity index (χ1n) is 7.41. The van der Waals surface area contributed by atoms with Crippen molar-refractivity contribution in [2.75, 3.05) is 23.8 Å². The van der Waals surface area contributed by atoms with Gasteiger partial charge in [-0.05, 0) is 46.3 Å². The van der Waals surface area contributed by atoms with E-state index in [9.17, 15) is 9.59 Å². The Labute approximate surface area is 157 Å². The molecule has 0 aromatic heterocycles. The molecule has 0 aliphatic carbocycles. The lowest BCUT2D eigenvalue weighted by Gasteiger charge is -2.20. The van der Waals surface area contributed by atoms with E-state index in [0.29, 0.717) is 51.1 Å². The number of anilines is 2. The van der Waals surface area contributed by atoms with Crippen LogP contribution in [0.25, 0.3) is 0 Å². The Morgan fingerprint density at radius 2 is 1.84 bits per heavy atom. The molecule has 1 aliphatic heterocycles. The molecule has 3 rings (SSSR count). The van der Waals surface area contributed by atoms with Gasteiger partial charge in [-0.25, -0.2) is 0 Å². The van der Waals surface area contributed by atoms with E-state index in [1.807, 2.05) is 0 Å². The van der Waals surface area contributed by atoms with Crippen molar-refractivity contribution in [1.29, 1.82) is 0 Å². The Balaban J connectivity index is 1.89. The summed E-state index contributed by atoms with van der Waals surface area (Å²) in [5.74, 6) is 0.454. The van der Waals surface area contributed by atoms with Crippen molar-refractivity contribution in [3.05, 3.63) is 45.4 Å². The molecule has 1 heterocycles. The quantitative estimate of drug-likeness (QED) is 0.777. The van der Waals surface area contributed by atoms with Gasteiger partial charge in [-0.15, -0.1) is 0 Å². The summed E-state index contributed by atoms with van der Waals surface area (Å²) in [6.07, 6.45) is 0. The molecule has 0 saturated carbocycles. The van der Waals surface area contributed by atoms with Crippen molar-refractivity contribution < 1.29 is 19.1 Å². The first kappa shape index (κ1) is 17.6. The molecule has 0 atom stereocenters. The fraction of sp³-hybridized carbons (Fsp3) is 0.176. The smallest absolute Gasteiger partial charge is 0.255 e. The second-order valence-electron chi connectivity index (χ2n) is 5.31. The summed E-state index contributed by atoms with van der Waals surface area (Å²) in [6, 6.07) is 8.07. The second kappa shape index (κ2) is 7.33. The number of fused-ring (bicyclic) bond motifs is 1. The van der Waals surface area contributed by atoms with Crippen LogP contribution < -0.4 is 20.1 Å². The highest BCUT2D eigenvalue weighted by atomic mass is 79.9. The fourth-order valence-corrected chi connectivity index (χ4v) is 3.08. The minimum absolute atomic E-state index is 0.250. The Bertz CT molecular complexity index is 857. The molecule has 6 nitrogen and oxygen atoms in total. The number of halogens is 2. The molecular formula is C17H14BrClN2O4. The van der Waals surface area contributed by atoms with E-state index in [1.54, 1.807) is 30.3 Å². The second-order valence-corrected chi connectivity index (χ2v) is 6.60. The van der Waals surface area contributed by atoms with Gasteiger partial charge in [-0.2, -0.15) is 0 Å². The predicted molar refractivity (Wildman–Crippen MR) is 98.8 cm³/mol. The molecule has 2 amide bonds. The van der Waals surface area contributed by atoms with Crippen LogP contribution in [0, 0.1) is 0 Å². The lowest BCUT2D eigenvalue weighted by atomic mass is 10.1. The minimum Gasteiger partial charge on any atom is -0.486 e. The van der Waals surface area contributed by atoms with Gasteiger partial charge >= 0.3 is 0 Å². The van der Waals surface area contributed by atoms with Gasteiger partial charge in [0, 0.05) is 17.5 Å². The van der Waals surface area contributed by atoms with E-state index in [4.69, 9.17) is 21.1 Å². The Kier molecular flexibility index (Phi) is 5.15. The molecule has 0 saturated heterocycles. The molecule has 0 fully saturated rings. The van der Waals surface area contributed by atoms with Crippen molar-refractivity contribution in [2.45, 2.75) is 6.92 Å². The zero-order valence-electron chi connectivity index (χ0n) is 13.2. The number of hydrogen-bond acceptors (Lipinski definition) is 4. The summed E-state index contributed by atoms with van der Waals surface area (Å²) in [6.45, 7) is 2.27. The first-order valence-corrected chi connectivity index (χ1v) is 8.59. The predicted octanol–water partition coefficient (Wildman–Crippen LogP) is 4.08. The largest absolute Gasteiger partial charge is 0.486 e. The van der Waals surface area contributed by atoms with E-state index in [0.717, 1.165) is 0 Å². The topological polar surface area (TPSA) is 76.7 Å². The van der Waals surface area contributed by atoms with Crippen LogP contribution in [0.3, 0.4) is 0 Å². The fourth-order valence-electron chi connectivity index (χ4n) is 2.35. The van der Waals surface area contributed by atoms with Gasteiger partial charge in [-0.3, -0.25) is 9.59 Å². The average molecular weight is 426 g/mol. The highest BCUT2D eigenvalue weighted by Gasteiger charge is 2.19. The third-order valence-corrected chi connectivity index (χ3v) is 4.22. The van der Waals surface area contributed by atoms with Crippen molar-refractivity contribution in [3.8, 4) is 11.5 Å². The summed E-state index contributed by atoms with van der Waals surface area (Å²) in [5.41, 5.74) is 1.24. The van der Waals surface area contributed by atoms with Crippen LogP contribution in [0.4, 0.5) is 11.4 Å². The van der Waals surface area contributed by atoms with Crippen LogP contribution in [0.1, 0.15) is 17.3 Å². The molecule has 25 heavy (non-hydrogen) atoms. The third-order valence-electron chi connectivity index (χ3n) is 3.40. The number of benzene rings is 2. The van der Waals surface area contributed by atoms with Gasteiger partial charge in [0.05, 0.1) is 15.8 Å². The van der Waals surface area contributed by atoms with E-state index < -0.39 is 0 Å². The van der Waals surface area contributed by atoms with Crippen molar-refractivity contribution >= 4 is 50.7 Å². The highest BCUT2D eigenvalue weighted by molar-refractivity contribution is 9.10. The molecule has 1 aliphatic rings. The number of amides is 2. The SMILES string of the molecule is CC(=O)Nc1ccc(Cl)cc1NC(=O)c1cc(Br)c2c(c1)OCCO2. The average Bonchev–Trinajstić information content (AvgIpc) is 2.57. The van der Waals surface area contributed by atoms with Crippen molar-refractivity contribution in [3.63, 3.8) is 0 Å². The monoisotopic (exact) mass is 424 g/mol. The molecule has 0 radical (unpaired) electrons. The van der Waals surface area contributed by atoms with E-state index in [1.165, 1.54) is 6.92 Å². The summed E-state index contributed by atoms with van der Waals surface area (Å²) in [7, 11) is 0. The van der Waals surface area contributed by atoms with Gasteiger partial charge in [0.15, 0.2) is 11.5 Å². The number of ether oxygens (including phenoxy) is 2. The Hall–Kier alpha value is -2.25. The number of nitrogens with one attached hydrogen (secondary N) is 2. The number of hydrogen-bond donors (Lipinski definition) is 2. The van der Waals surface area contributed by atoms with Crippen molar-refractivity contribution in [1.82, 2.24) is 0 Å². The van der Waals surface area contributed by atoms with Crippen LogP contribution in [-0.2, 0) is 4.79 Å². The number of carbonyl (C=O) groups is 2. The van der Waals surface area contributed by atoms with Gasteiger partial charge in [-0.1, -0.05) is 11.6 Å². The van der Waals surface area contributed by atoms with E-state index in [-0.39, 0.29) is 11.8 Å². The molecular weight excluding hydrogens is 412 g/mol. The van der Waals surface area contributed by atoms with Gasteiger partial charge in [0.2, 0.25) is 5.91 Å². The normalized spacial score (nSPS) is 12.4. The van der Waals surface area contributed by atoms with Crippen LogP contribution >= 0.6 is 27.5 Å². The lowest BCUT2D eigenvalue weighted by molar-refractivity contribution is -0.114. The summed E-state index contributed by atoms with van der Waals surface area (Å²) >= 11 is 9.38. The maximum absolute atomic E-state index is 12.6. The molecule has 2 aromatic carbocycles. The minimum atomic E-state index is -0.369. The molecule has 2 N–H and O–H groups in total. The molecule has 0 spiro atoms. The zero-order valence-corrected chi connectivity index (χ0v) is 15.5. The van der Waals surface area contributed by atoms with Crippen LogP contribution in [-0.4, -0.2) is 25.0 Å². The standard InChI is InChI=1S/C17H14BrClN2O4/c1-9(22)20-13-3-2-11(19)8-14(13)21-17(23)10-6-12(18)16-15(7-10)24-4-5-25-16/h2-3,6-8H,4-5H2,1H3,(H,20,22)(H,21,23).